The van der Waals surface area contributed by atoms with Gasteiger partial charge in [0.25, 0.3) is 0 Å². The van der Waals surface area contributed by atoms with Gasteiger partial charge in [0.15, 0.2) is 0 Å². The van der Waals surface area contributed by atoms with Gasteiger partial charge in [0.05, 0.1) is 30.2 Å². The molecule has 0 bridgehead atoms. The summed E-state index contributed by atoms with van der Waals surface area (Å²) in [6.45, 7) is 8.04. The lowest BCUT2D eigenvalue weighted by Gasteiger charge is -2.37. The summed E-state index contributed by atoms with van der Waals surface area (Å²) in [5.41, 5.74) is 1.30. The van der Waals surface area contributed by atoms with E-state index in [1.165, 1.54) is 12.5 Å². The molecule has 2 fully saturated rings. The summed E-state index contributed by atoms with van der Waals surface area (Å²) in [5, 5.41) is 5.80. The van der Waals surface area contributed by atoms with Gasteiger partial charge in [-0.15, -0.1) is 0 Å². The zero-order chi connectivity index (χ0) is 23.2. The van der Waals surface area contributed by atoms with Gasteiger partial charge in [0.1, 0.15) is 11.6 Å². The third-order valence-electron chi connectivity index (χ3n) is 6.38. The van der Waals surface area contributed by atoms with Crippen molar-refractivity contribution in [2.45, 2.75) is 57.9 Å². The molecule has 0 spiro atoms. The van der Waals surface area contributed by atoms with Gasteiger partial charge in [0.2, 0.25) is 0 Å². The fraction of sp³-hybridized carbons (Fsp3) is 0.560. The van der Waals surface area contributed by atoms with Crippen LogP contribution < -0.4 is 15.5 Å². The number of nitrogens with zero attached hydrogens (tertiary/aromatic N) is 2. The second-order valence-electron chi connectivity index (χ2n) is 9.14. The Kier molecular flexibility index (Phi) is 7.88. The van der Waals surface area contributed by atoms with Gasteiger partial charge in [-0.1, -0.05) is 12.5 Å². The highest BCUT2D eigenvalue weighted by atomic mass is 19.1. The van der Waals surface area contributed by atoms with Crippen LogP contribution in [0.4, 0.5) is 14.9 Å². The minimum Gasteiger partial charge on any atom is -0.468 e. The first-order valence-corrected chi connectivity index (χ1v) is 12.0. The molecule has 0 aliphatic carbocycles. The molecular formula is C25H35FN4O3. The lowest BCUT2D eigenvalue weighted by Crippen LogP contribution is -2.45. The topological polar surface area (TPSA) is 70.0 Å². The minimum absolute atomic E-state index is 0.0149. The highest BCUT2D eigenvalue weighted by Crippen LogP contribution is 2.25. The highest BCUT2D eigenvalue weighted by Gasteiger charge is 2.26. The van der Waals surface area contributed by atoms with Crippen LogP contribution in [-0.4, -0.2) is 55.9 Å². The molecule has 2 aliphatic rings. The van der Waals surface area contributed by atoms with Crippen LogP contribution >= 0.6 is 0 Å². The van der Waals surface area contributed by atoms with Crippen molar-refractivity contribution in [1.82, 2.24) is 15.5 Å². The molecule has 33 heavy (non-hydrogen) atoms. The van der Waals surface area contributed by atoms with Gasteiger partial charge in [-0.3, -0.25) is 4.90 Å². The average Bonchev–Trinajstić information content (AvgIpc) is 3.32. The second kappa shape index (κ2) is 11.0. The fourth-order valence-electron chi connectivity index (χ4n) is 4.85. The number of likely N-dealkylation sites (tertiary alicyclic amines) is 1. The highest BCUT2D eigenvalue weighted by molar-refractivity contribution is 5.73. The largest absolute Gasteiger partial charge is 0.468 e. The Morgan fingerprint density at radius 1 is 1.12 bits per heavy atom. The van der Waals surface area contributed by atoms with E-state index >= 15 is 0 Å². The van der Waals surface area contributed by atoms with Crippen LogP contribution in [0.1, 0.15) is 50.5 Å². The third kappa shape index (κ3) is 6.26. The maximum absolute atomic E-state index is 14.8. The molecule has 1 aromatic heterocycles. The molecule has 2 aliphatic heterocycles. The normalized spacial score (nSPS) is 22.7. The SMILES string of the molecule is CC1CN(c2ccc(CNC(=O)NCC(c3ccco3)N3CCCCC3)cc2F)CC(C)O1. The number of amides is 2. The van der Waals surface area contributed by atoms with E-state index in [-0.39, 0.29) is 36.6 Å². The number of carbonyl (C=O) groups excluding carboxylic acids is 1. The van der Waals surface area contributed by atoms with Crippen LogP contribution in [0.2, 0.25) is 0 Å². The number of ether oxygens (including phenoxy) is 1. The van der Waals surface area contributed by atoms with Gasteiger partial charge in [0, 0.05) is 26.2 Å². The molecule has 2 aromatic rings. The Morgan fingerprint density at radius 2 is 1.88 bits per heavy atom. The van der Waals surface area contributed by atoms with Crippen LogP contribution in [0.5, 0.6) is 0 Å². The summed E-state index contributed by atoms with van der Waals surface area (Å²) in [4.78, 5) is 16.8. The summed E-state index contributed by atoms with van der Waals surface area (Å²) >= 11 is 0. The number of hydrogen-bond donors (Lipinski definition) is 2. The number of nitrogens with one attached hydrogen (secondary N) is 2. The van der Waals surface area contributed by atoms with Crippen molar-refractivity contribution in [3.8, 4) is 0 Å². The molecule has 4 rings (SSSR count). The number of furan rings is 1. The number of benzene rings is 1. The molecule has 2 saturated heterocycles. The quantitative estimate of drug-likeness (QED) is 0.655. The summed E-state index contributed by atoms with van der Waals surface area (Å²) < 4.78 is 26.2. The van der Waals surface area contributed by atoms with Crippen LogP contribution in [-0.2, 0) is 11.3 Å². The third-order valence-corrected chi connectivity index (χ3v) is 6.38. The molecular weight excluding hydrogens is 423 g/mol. The van der Waals surface area contributed by atoms with Gasteiger partial charge >= 0.3 is 6.03 Å². The van der Waals surface area contributed by atoms with E-state index in [1.807, 2.05) is 36.9 Å². The number of carbonyl (C=O) groups is 1. The van der Waals surface area contributed by atoms with Gasteiger partial charge in [-0.2, -0.15) is 0 Å². The fourth-order valence-corrected chi connectivity index (χ4v) is 4.85. The number of rotatable bonds is 7. The Balaban J connectivity index is 1.29. The molecule has 8 heteroatoms. The van der Waals surface area contributed by atoms with Crippen molar-refractivity contribution in [1.29, 1.82) is 0 Å². The zero-order valence-electron chi connectivity index (χ0n) is 19.6. The van der Waals surface area contributed by atoms with Crippen LogP contribution in [0.3, 0.4) is 0 Å². The second-order valence-corrected chi connectivity index (χ2v) is 9.14. The molecule has 2 N–H and O–H groups in total. The van der Waals surface area contributed by atoms with Crippen LogP contribution in [0.15, 0.2) is 41.0 Å². The first-order chi connectivity index (χ1) is 16.0. The Morgan fingerprint density at radius 3 is 2.55 bits per heavy atom. The summed E-state index contributed by atoms with van der Waals surface area (Å²) in [6, 6.07) is 8.73. The standard InChI is InChI=1S/C25H35FN4O3/c1-18-16-30(17-19(2)33-18)22-9-8-20(13-21(22)26)14-27-25(31)28-15-23(24-7-6-12-32-24)29-10-4-3-5-11-29/h6-9,12-13,18-19,23H,3-5,10-11,14-17H2,1-2H3,(H2,27,28,31). The minimum atomic E-state index is -0.279. The first kappa shape index (κ1) is 23.6. The Hall–Kier alpha value is -2.58. The van der Waals surface area contributed by atoms with E-state index in [1.54, 1.807) is 12.3 Å². The Bertz CT molecular complexity index is 891. The van der Waals surface area contributed by atoms with E-state index in [0.29, 0.717) is 25.3 Å². The molecule has 2 amide bonds. The van der Waals surface area contributed by atoms with Crippen molar-refractivity contribution >= 4 is 11.7 Å². The maximum atomic E-state index is 14.8. The first-order valence-electron chi connectivity index (χ1n) is 12.0. The van der Waals surface area contributed by atoms with Crippen molar-refractivity contribution < 1.29 is 18.3 Å². The number of halogens is 1. The van der Waals surface area contributed by atoms with Crippen molar-refractivity contribution in [3.63, 3.8) is 0 Å². The molecule has 7 nitrogen and oxygen atoms in total. The summed E-state index contributed by atoms with van der Waals surface area (Å²) in [5.74, 6) is 0.584. The van der Waals surface area contributed by atoms with Gasteiger partial charge < -0.3 is 24.7 Å². The van der Waals surface area contributed by atoms with E-state index in [0.717, 1.165) is 37.3 Å². The molecule has 0 radical (unpaired) electrons. The molecule has 3 atom stereocenters. The predicted molar refractivity (Wildman–Crippen MR) is 126 cm³/mol. The average molecular weight is 459 g/mol. The lowest BCUT2D eigenvalue weighted by atomic mass is 10.1. The monoisotopic (exact) mass is 458 g/mol. The predicted octanol–water partition coefficient (Wildman–Crippen LogP) is 4.06. The molecule has 0 saturated carbocycles. The molecule has 1 aromatic carbocycles. The molecule has 180 valence electrons. The van der Waals surface area contributed by atoms with Crippen molar-refractivity contribution in [2.24, 2.45) is 0 Å². The number of piperidine rings is 1. The van der Waals surface area contributed by atoms with Crippen molar-refractivity contribution in [2.75, 3.05) is 37.6 Å². The lowest BCUT2D eigenvalue weighted by molar-refractivity contribution is -0.00539. The van der Waals surface area contributed by atoms with E-state index < -0.39 is 0 Å². The number of anilines is 1. The van der Waals surface area contributed by atoms with E-state index in [2.05, 4.69) is 15.5 Å². The smallest absolute Gasteiger partial charge is 0.315 e. The summed E-state index contributed by atoms with van der Waals surface area (Å²) in [7, 11) is 0. The van der Waals surface area contributed by atoms with Gasteiger partial charge in [-0.25, -0.2) is 9.18 Å². The molecule has 3 heterocycles. The Labute approximate surface area is 195 Å². The maximum Gasteiger partial charge on any atom is 0.315 e. The van der Waals surface area contributed by atoms with Crippen LogP contribution in [0.25, 0.3) is 0 Å². The number of urea groups is 1. The van der Waals surface area contributed by atoms with Crippen molar-refractivity contribution in [3.05, 3.63) is 53.7 Å². The van der Waals surface area contributed by atoms with E-state index in [4.69, 9.17) is 9.15 Å². The summed E-state index contributed by atoms with van der Waals surface area (Å²) in [6.07, 6.45) is 5.36. The zero-order valence-corrected chi connectivity index (χ0v) is 19.6. The van der Waals surface area contributed by atoms with Crippen LogP contribution in [0, 0.1) is 5.82 Å². The van der Waals surface area contributed by atoms with E-state index in [9.17, 15) is 9.18 Å². The number of morpholine rings is 1. The van der Waals surface area contributed by atoms with Gasteiger partial charge in [-0.05, 0) is 69.6 Å². The number of hydrogen-bond acceptors (Lipinski definition) is 5. The molecule has 3 unspecified atom stereocenters.